The molecule has 0 aliphatic rings. The van der Waals surface area contributed by atoms with Gasteiger partial charge in [0.25, 0.3) is 5.56 Å². The lowest BCUT2D eigenvalue weighted by Crippen LogP contribution is -2.25. The summed E-state index contributed by atoms with van der Waals surface area (Å²) >= 11 is 0. The SMILES string of the molecule is CCC(C)(C)n1cnc2c(=O)[nH]cnc21. The van der Waals surface area contributed by atoms with Crippen LogP contribution in [0.3, 0.4) is 0 Å². The van der Waals surface area contributed by atoms with Crippen LogP contribution in [0.4, 0.5) is 0 Å². The van der Waals surface area contributed by atoms with Crippen molar-refractivity contribution < 1.29 is 0 Å². The van der Waals surface area contributed by atoms with Gasteiger partial charge in [-0.3, -0.25) is 4.79 Å². The van der Waals surface area contributed by atoms with Crippen molar-refractivity contribution in [2.75, 3.05) is 0 Å². The maximum absolute atomic E-state index is 11.4. The second-order valence-electron chi connectivity index (χ2n) is 4.18. The number of hydrogen-bond donors (Lipinski definition) is 1. The fourth-order valence-electron chi connectivity index (χ4n) is 1.46. The Morgan fingerprint density at radius 3 is 2.87 bits per heavy atom. The van der Waals surface area contributed by atoms with E-state index in [9.17, 15) is 4.79 Å². The summed E-state index contributed by atoms with van der Waals surface area (Å²) in [6, 6.07) is 0. The van der Waals surface area contributed by atoms with Gasteiger partial charge in [-0.15, -0.1) is 0 Å². The Hall–Kier alpha value is -1.65. The highest BCUT2D eigenvalue weighted by molar-refractivity contribution is 5.69. The molecule has 0 unspecified atom stereocenters. The molecule has 2 aromatic heterocycles. The summed E-state index contributed by atoms with van der Waals surface area (Å²) in [6.45, 7) is 6.28. The summed E-state index contributed by atoms with van der Waals surface area (Å²) in [5.74, 6) is 0. The molecule has 0 bridgehead atoms. The van der Waals surface area contributed by atoms with Crippen LogP contribution in [0.25, 0.3) is 11.2 Å². The molecule has 15 heavy (non-hydrogen) atoms. The van der Waals surface area contributed by atoms with Crippen LogP contribution in [-0.2, 0) is 5.54 Å². The van der Waals surface area contributed by atoms with Crippen LogP contribution in [0, 0.1) is 0 Å². The van der Waals surface area contributed by atoms with Crippen molar-refractivity contribution >= 4 is 11.2 Å². The lowest BCUT2D eigenvalue weighted by molar-refractivity contribution is 0.350. The summed E-state index contributed by atoms with van der Waals surface area (Å²) in [4.78, 5) is 22.2. The van der Waals surface area contributed by atoms with Gasteiger partial charge in [-0.05, 0) is 20.3 Å². The first kappa shape index (κ1) is 9.89. The number of imidazole rings is 1. The second-order valence-corrected chi connectivity index (χ2v) is 4.18. The summed E-state index contributed by atoms with van der Waals surface area (Å²) in [6.07, 6.45) is 4.04. The largest absolute Gasteiger partial charge is 0.311 e. The van der Waals surface area contributed by atoms with E-state index in [1.54, 1.807) is 6.33 Å². The van der Waals surface area contributed by atoms with Crippen molar-refractivity contribution in [3.05, 3.63) is 23.0 Å². The quantitative estimate of drug-likeness (QED) is 0.804. The Labute approximate surface area is 87.2 Å². The third-order valence-electron chi connectivity index (χ3n) is 2.86. The molecule has 0 spiro atoms. The molecule has 1 N–H and O–H groups in total. The highest BCUT2D eigenvalue weighted by atomic mass is 16.1. The number of nitrogens with one attached hydrogen (secondary N) is 1. The van der Waals surface area contributed by atoms with Gasteiger partial charge >= 0.3 is 0 Å². The molecule has 0 atom stereocenters. The molecule has 0 saturated heterocycles. The minimum absolute atomic E-state index is 0.0739. The topological polar surface area (TPSA) is 63.6 Å². The van der Waals surface area contributed by atoms with Crippen LogP contribution in [0.5, 0.6) is 0 Å². The van der Waals surface area contributed by atoms with Gasteiger partial charge in [0.2, 0.25) is 0 Å². The van der Waals surface area contributed by atoms with Crippen molar-refractivity contribution in [2.24, 2.45) is 0 Å². The van der Waals surface area contributed by atoms with E-state index in [0.717, 1.165) is 6.42 Å². The van der Waals surface area contributed by atoms with Crippen LogP contribution in [0.15, 0.2) is 17.4 Å². The van der Waals surface area contributed by atoms with Crippen molar-refractivity contribution in [3.63, 3.8) is 0 Å². The van der Waals surface area contributed by atoms with E-state index >= 15 is 0 Å². The van der Waals surface area contributed by atoms with Gasteiger partial charge < -0.3 is 9.55 Å². The van der Waals surface area contributed by atoms with E-state index in [1.807, 2.05) is 4.57 Å². The molecule has 0 aliphatic carbocycles. The van der Waals surface area contributed by atoms with Crippen molar-refractivity contribution in [3.8, 4) is 0 Å². The lowest BCUT2D eigenvalue weighted by atomic mass is 10.0. The minimum atomic E-state index is -0.189. The highest BCUT2D eigenvalue weighted by Crippen LogP contribution is 2.22. The lowest BCUT2D eigenvalue weighted by Gasteiger charge is -2.24. The van der Waals surface area contributed by atoms with E-state index in [0.29, 0.717) is 11.2 Å². The van der Waals surface area contributed by atoms with Gasteiger partial charge in [-0.1, -0.05) is 6.92 Å². The molecule has 80 valence electrons. The maximum atomic E-state index is 11.4. The Kier molecular flexibility index (Phi) is 2.10. The van der Waals surface area contributed by atoms with Crippen LogP contribution in [0.1, 0.15) is 27.2 Å². The molecule has 5 nitrogen and oxygen atoms in total. The molecule has 0 radical (unpaired) electrons. The van der Waals surface area contributed by atoms with Crippen molar-refractivity contribution in [2.45, 2.75) is 32.7 Å². The first-order valence-electron chi connectivity index (χ1n) is 4.97. The van der Waals surface area contributed by atoms with Gasteiger partial charge in [0.15, 0.2) is 11.2 Å². The van der Waals surface area contributed by atoms with Gasteiger partial charge in [0, 0.05) is 5.54 Å². The van der Waals surface area contributed by atoms with Gasteiger partial charge in [-0.25, -0.2) is 9.97 Å². The summed E-state index contributed by atoms with van der Waals surface area (Å²) in [7, 11) is 0. The number of nitrogens with zero attached hydrogens (tertiary/aromatic N) is 3. The first-order valence-corrected chi connectivity index (χ1v) is 4.97. The fraction of sp³-hybridized carbons (Fsp3) is 0.500. The molecule has 0 fully saturated rings. The fourth-order valence-corrected chi connectivity index (χ4v) is 1.46. The molecule has 2 rings (SSSR count). The third kappa shape index (κ3) is 1.44. The van der Waals surface area contributed by atoms with Gasteiger partial charge in [0.1, 0.15) is 0 Å². The van der Waals surface area contributed by atoms with E-state index in [-0.39, 0.29) is 11.1 Å². The number of fused-ring (bicyclic) bond motifs is 1. The molecular weight excluding hydrogens is 192 g/mol. The Morgan fingerprint density at radius 1 is 1.47 bits per heavy atom. The maximum Gasteiger partial charge on any atom is 0.278 e. The molecule has 5 heteroatoms. The average Bonchev–Trinajstić information content (AvgIpc) is 2.63. The predicted molar refractivity (Wildman–Crippen MR) is 57.8 cm³/mol. The normalized spacial score (nSPS) is 12.2. The predicted octanol–water partition coefficient (Wildman–Crippen LogP) is 1.26. The monoisotopic (exact) mass is 206 g/mol. The number of rotatable bonds is 2. The zero-order valence-electron chi connectivity index (χ0n) is 9.11. The molecule has 2 aromatic rings. The van der Waals surface area contributed by atoms with Gasteiger partial charge in [-0.2, -0.15) is 0 Å². The zero-order chi connectivity index (χ0) is 11.1. The van der Waals surface area contributed by atoms with Crippen LogP contribution >= 0.6 is 0 Å². The van der Waals surface area contributed by atoms with Crippen LogP contribution in [0.2, 0.25) is 0 Å². The molecule has 0 aliphatic heterocycles. The number of hydrogen-bond acceptors (Lipinski definition) is 3. The molecule has 0 amide bonds. The van der Waals surface area contributed by atoms with E-state index in [2.05, 4.69) is 35.7 Å². The molecule has 0 saturated carbocycles. The second kappa shape index (κ2) is 3.18. The molecular formula is C10H14N4O. The number of H-pyrrole nitrogens is 1. The summed E-state index contributed by atoms with van der Waals surface area (Å²) in [5.41, 5.74) is 0.783. The number of aromatic nitrogens is 4. The highest BCUT2D eigenvalue weighted by Gasteiger charge is 2.21. The van der Waals surface area contributed by atoms with E-state index < -0.39 is 0 Å². The molecule has 0 aromatic carbocycles. The first-order chi connectivity index (χ1) is 7.06. The van der Waals surface area contributed by atoms with Crippen LogP contribution < -0.4 is 5.56 Å². The minimum Gasteiger partial charge on any atom is -0.311 e. The summed E-state index contributed by atoms with van der Waals surface area (Å²) < 4.78 is 1.94. The van der Waals surface area contributed by atoms with Gasteiger partial charge in [0.05, 0.1) is 12.7 Å². The van der Waals surface area contributed by atoms with Crippen molar-refractivity contribution in [1.82, 2.24) is 19.5 Å². The van der Waals surface area contributed by atoms with E-state index in [4.69, 9.17) is 0 Å². The van der Waals surface area contributed by atoms with E-state index in [1.165, 1.54) is 6.33 Å². The smallest absolute Gasteiger partial charge is 0.278 e. The Morgan fingerprint density at radius 2 is 2.20 bits per heavy atom. The third-order valence-corrected chi connectivity index (χ3v) is 2.86. The van der Waals surface area contributed by atoms with Crippen LogP contribution in [-0.4, -0.2) is 19.5 Å². The average molecular weight is 206 g/mol. The zero-order valence-corrected chi connectivity index (χ0v) is 9.11. The van der Waals surface area contributed by atoms with Crippen molar-refractivity contribution in [1.29, 1.82) is 0 Å². The summed E-state index contributed by atoms with van der Waals surface area (Å²) in [5, 5.41) is 0. The molecule has 2 heterocycles. The Bertz CT molecular complexity index is 538. The Balaban J connectivity index is 2.75. The standard InChI is InChI=1S/C10H14N4O/c1-4-10(2,3)14-6-13-7-8(14)11-5-12-9(7)15/h5-6H,4H2,1-3H3,(H,11,12,15). The number of aromatic amines is 1.